The number of hydrogen-bond acceptors (Lipinski definition) is 5. The summed E-state index contributed by atoms with van der Waals surface area (Å²) in [5.41, 5.74) is 5.65. The predicted molar refractivity (Wildman–Crippen MR) is 133 cm³/mol. The van der Waals surface area contributed by atoms with Crippen LogP contribution in [0.1, 0.15) is 19.4 Å². The van der Waals surface area contributed by atoms with Gasteiger partial charge in [-0.1, -0.05) is 42.7 Å². The molecule has 4 nitrogen and oxygen atoms in total. The van der Waals surface area contributed by atoms with Crippen LogP contribution >= 0.6 is 11.3 Å². The molecule has 5 heteroatoms. The Morgan fingerprint density at radius 3 is 2.81 bits per heavy atom. The predicted octanol–water partition coefficient (Wildman–Crippen LogP) is 5.95. The van der Waals surface area contributed by atoms with Gasteiger partial charge in [0.25, 0.3) is 0 Å². The van der Waals surface area contributed by atoms with Crippen LogP contribution in [0.25, 0.3) is 11.3 Å². The summed E-state index contributed by atoms with van der Waals surface area (Å²) in [6, 6.07) is 12.5. The molecule has 0 amide bonds. The Morgan fingerprint density at radius 2 is 2.10 bits per heavy atom. The van der Waals surface area contributed by atoms with Crippen molar-refractivity contribution >= 4 is 22.2 Å². The molecule has 1 aromatic carbocycles. The highest BCUT2D eigenvalue weighted by atomic mass is 32.1. The molecule has 3 rings (SSSR count). The summed E-state index contributed by atoms with van der Waals surface area (Å²) in [6.07, 6.45) is 15.6. The van der Waals surface area contributed by atoms with Gasteiger partial charge in [0.15, 0.2) is 5.13 Å². The van der Waals surface area contributed by atoms with Crippen LogP contribution in [-0.4, -0.2) is 34.5 Å². The van der Waals surface area contributed by atoms with Crippen LogP contribution in [-0.2, 0) is 6.42 Å². The number of rotatable bonds is 10. The van der Waals surface area contributed by atoms with Crippen molar-refractivity contribution in [3.63, 3.8) is 0 Å². The molecule has 0 aliphatic carbocycles. The van der Waals surface area contributed by atoms with Crippen LogP contribution in [0.4, 0.5) is 10.8 Å². The third kappa shape index (κ3) is 7.21. The van der Waals surface area contributed by atoms with Crippen molar-refractivity contribution in [3.8, 4) is 23.6 Å². The summed E-state index contributed by atoms with van der Waals surface area (Å²) >= 11 is 1.60. The second kappa shape index (κ2) is 11.8. The molecule has 158 valence electrons. The van der Waals surface area contributed by atoms with E-state index in [0.29, 0.717) is 0 Å². The normalized spacial score (nSPS) is 11.7. The minimum absolute atomic E-state index is 0.880. The van der Waals surface area contributed by atoms with Crippen molar-refractivity contribution in [2.75, 3.05) is 25.0 Å². The quantitative estimate of drug-likeness (QED) is 0.320. The SMILES string of the molecule is C#C/C=C\C=C(/C)CN(CC)CCc1ccc(Nc2nc(-c3cccnc3)cs2)cc1. The Morgan fingerprint density at radius 1 is 1.26 bits per heavy atom. The average molecular weight is 429 g/mol. The fraction of sp³-hybridized carbons (Fsp3) is 0.231. The van der Waals surface area contributed by atoms with Gasteiger partial charge in [-0.05, 0) is 55.8 Å². The zero-order valence-corrected chi connectivity index (χ0v) is 18.9. The first-order valence-corrected chi connectivity index (χ1v) is 11.3. The first-order valence-electron chi connectivity index (χ1n) is 10.4. The summed E-state index contributed by atoms with van der Waals surface area (Å²) in [5, 5.41) is 6.32. The highest BCUT2D eigenvalue weighted by Crippen LogP contribution is 2.26. The lowest BCUT2D eigenvalue weighted by atomic mass is 10.1. The maximum atomic E-state index is 5.25. The largest absolute Gasteiger partial charge is 0.332 e. The summed E-state index contributed by atoms with van der Waals surface area (Å²) in [5.74, 6) is 2.52. The highest BCUT2D eigenvalue weighted by molar-refractivity contribution is 7.14. The van der Waals surface area contributed by atoms with Crippen LogP contribution < -0.4 is 5.32 Å². The molecule has 0 unspecified atom stereocenters. The summed E-state index contributed by atoms with van der Waals surface area (Å²) < 4.78 is 0. The van der Waals surface area contributed by atoms with Gasteiger partial charge >= 0.3 is 0 Å². The van der Waals surface area contributed by atoms with Crippen molar-refractivity contribution in [1.29, 1.82) is 0 Å². The van der Waals surface area contributed by atoms with E-state index in [2.05, 4.69) is 70.3 Å². The standard InChI is InChI=1S/C26H28N4S/c1-4-6-7-9-21(3)19-30(5-2)17-15-22-11-13-24(14-12-22)28-26-29-25(20-31-26)23-10-8-16-27-18-23/h1,6-14,16,18,20H,5,15,17,19H2,2-3H3,(H,28,29)/b7-6-,21-9+. The zero-order chi connectivity index (χ0) is 21.9. The second-order valence-electron chi connectivity index (χ2n) is 7.26. The molecule has 0 saturated carbocycles. The van der Waals surface area contributed by atoms with E-state index < -0.39 is 0 Å². The molecule has 3 aromatic rings. The van der Waals surface area contributed by atoms with Gasteiger partial charge in [-0.15, -0.1) is 17.8 Å². The molecule has 0 spiro atoms. The average Bonchev–Trinajstić information content (AvgIpc) is 3.27. The Bertz CT molecular complexity index is 1040. The van der Waals surface area contributed by atoms with Crippen molar-refractivity contribution in [2.45, 2.75) is 20.3 Å². The Labute approximate surface area is 189 Å². The number of nitrogens with zero attached hydrogens (tertiary/aromatic N) is 3. The number of benzene rings is 1. The summed E-state index contributed by atoms with van der Waals surface area (Å²) in [6.45, 7) is 7.34. The van der Waals surface area contributed by atoms with Crippen molar-refractivity contribution in [1.82, 2.24) is 14.9 Å². The number of likely N-dealkylation sites (N-methyl/N-ethyl adjacent to an activating group) is 1. The fourth-order valence-electron chi connectivity index (χ4n) is 3.17. The van der Waals surface area contributed by atoms with Crippen molar-refractivity contribution in [2.24, 2.45) is 0 Å². The third-order valence-corrected chi connectivity index (χ3v) is 5.63. The first kappa shape index (κ1) is 22.5. The number of allylic oxidation sites excluding steroid dienone is 3. The van der Waals surface area contributed by atoms with E-state index in [1.165, 1.54) is 11.1 Å². The Kier molecular flexibility index (Phi) is 8.59. The van der Waals surface area contributed by atoms with E-state index in [4.69, 9.17) is 6.42 Å². The number of pyridine rings is 1. The monoisotopic (exact) mass is 428 g/mol. The number of aromatic nitrogens is 2. The number of terminal acetylenes is 1. The minimum Gasteiger partial charge on any atom is -0.332 e. The lowest BCUT2D eigenvalue weighted by molar-refractivity contribution is 0.316. The molecule has 0 radical (unpaired) electrons. The minimum atomic E-state index is 0.880. The molecule has 0 fully saturated rings. The van der Waals surface area contributed by atoms with Gasteiger partial charge in [-0.3, -0.25) is 9.88 Å². The number of anilines is 2. The summed E-state index contributed by atoms with van der Waals surface area (Å²) in [4.78, 5) is 11.3. The van der Waals surface area contributed by atoms with Crippen LogP contribution in [0.15, 0.2) is 78.0 Å². The molecular weight excluding hydrogens is 400 g/mol. The smallest absolute Gasteiger partial charge is 0.187 e. The van der Waals surface area contributed by atoms with E-state index in [1.54, 1.807) is 23.6 Å². The molecule has 0 bridgehead atoms. The molecule has 31 heavy (non-hydrogen) atoms. The maximum Gasteiger partial charge on any atom is 0.187 e. The first-order chi connectivity index (χ1) is 15.2. The molecule has 1 N–H and O–H groups in total. The van der Waals surface area contributed by atoms with Gasteiger partial charge in [0.1, 0.15) is 0 Å². The molecule has 0 saturated heterocycles. The summed E-state index contributed by atoms with van der Waals surface area (Å²) in [7, 11) is 0. The molecule has 0 aliphatic heterocycles. The van der Waals surface area contributed by atoms with Gasteiger partial charge in [0, 0.05) is 42.1 Å². The van der Waals surface area contributed by atoms with Gasteiger partial charge in [-0.2, -0.15) is 0 Å². The molecule has 2 aromatic heterocycles. The zero-order valence-electron chi connectivity index (χ0n) is 18.1. The number of thiazole rings is 1. The van der Waals surface area contributed by atoms with E-state index in [1.807, 2.05) is 29.8 Å². The molecular formula is C26H28N4S. The van der Waals surface area contributed by atoms with Crippen LogP contribution in [0.2, 0.25) is 0 Å². The molecule has 2 heterocycles. The highest BCUT2D eigenvalue weighted by Gasteiger charge is 2.06. The van der Waals surface area contributed by atoms with E-state index in [9.17, 15) is 0 Å². The van der Waals surface area contributed by atoms with Gasteiger partial charge in [0.05, 0.1) is 5.69 Å². The van der Waals surface area contributed by atoms with Crippen LogP contribution in [0.5, 0.6) is 0 Å². The molecule has 0 atom stereocenters. The van der Waals surface area contributed by atoms with Crippen molar-refractivity contribution in [3.05, 3.63) is 83.5 Å². The van der Waals surface area contributed by atoms with Crippen LogP contribution in [0, 0.1) is 12.3 Å². The van der Waals surface area contributed by atoms with Gasteiger partial charge in [0.2, 0.25) is 0 Å². The van der Waals surface area contributed by atoms with Gasteiger partial charge in [-0.25, -0.2) is 4.98 Å². The van der Waals surface area contributed by atoms with E-state index in [0.717, 1.165) is 48.1 Å². The van der Waals surface area contributed by atoms with Crippen LogP contribution in [0.3, 0.4) is 0 Å². The second-order valence-corrected chi connectivity index (χ2v) is 8.12. The Balaban J connectivity index is 1.52. The Hall–Kier alpha value is -3.20. The fourth-order valence-corrected chi connectivity index (χ4v) is 3.91. The topological polar surface area (TPSA) is 41.0 Å². The van der Waals surface area contributed by atoms with Crippen molar-refractivity contribution < 1.29 is 0 Å². The van der Waals surface area contributed by atoms with E-state index >= 15 is 0 Å². The lowest BCUT2D eigenvalue weighted by Crippen LogP contribution is -2.27. The van der Waals surface area contributed by atoms with Gasteiger partial charge < -0.3 is 5.32 Å². The van der Waals surface area contributed by atoms with E-state index in [-0.39, 0.29) is 0 Å². The number of hydrogen-bond donors (Lipinski definition) is 1. The lowest BCUT2D eigenvalue weighted by Gasteiger charge is -2.20. The maximum absolute atomic E-state index is 5.25. The molecule has 0 aliphatic rings. The third-order valence-electron chi connectivity index (χ3n) is 4.88. The number of nitrogens with one attached hydrogen (secondary N) is 1.